The first-order valence-electron chi connectivity index (χ1n) is 10.0. The Morgan fingerprint density at radius 3 is 2.90 bits per heavy atom. The number of thiophene rings is 1. The van der Waals surface area contributed by atoms with E-state index in [0.29, 0.717) is 28.4 Å². The van der Waals surface area contributed by atoms with E-state index in [-0.39, 0.29) is 17.9 Å². The van der Waals surface area contributed by atoms with Gasteiger partial charge >= 0.3 is 5.97 Å². The summed E-state index contributed by atoms with van der Waals surface area (Å²) in [6.45, 7) is 0. The Morgan fingerprint density at radius 2 is 2.10 bits per heavy atom. The van der Waals surface area contributed by atoms with E-state index >= 15 is 0 Å². The van der Waals surface area contributed by atoms with Crippen LogP contribution in [0.4, 0.5) is 10.2 Å². The first-order chi connectivity index (χ1) is 15.1. The van der Waals surface area contributed by atoms with E-state index in [9.17, 15) is 14.3 Å². The predicted molar refractivity (Wildman–Crippen MR) is 114 cm³/mol. The summed E-state index contributed by atoms with van der Waals surface area (Å²) in [5.74, 6) is -0.695. The van der Waals surface area contributed by atoms with E-state index in [1.165, 1.54) is 17.4 Å². The number of carboxylic acids is 1. The third-order valence-electron chi connectivity index (χ3n) is 6.24. The molecule has 7 rings (SSSR count). The number of hydrogen-bond acceptors (Lipinski definition) is 7. The van der Waals surface area contributed by atoms with Gasteiger partial charge in [-0.15, -0.1) is 11.3 Å². The Kier molecular flexibility index (Phi) is 4.04. The van der Waals surface area contributed by atoms with Gasteiger partial charge in [-0.3, -0.25) is 9.89 Å². The van der Waals surface area contributed by atoms with Gasteiger partial charge in [-0.2, -0.15) is 5.10 Å². The van der Waals surface area contributed by atoms with Gasteiger partial charge in [-0.05, 0) is 42.2 Å². The van der Waals surface area contributed by atoms with Crippen molar-refractivity contribution < 1.29 is 14.3 Å². The average molecular weight is 436 g/mol. The van der Waals surface area contributed by atoms with Crippen LogP contribution in [0.25, 0.3) is 32.8 Å². The van der Waals surface area contributed by atoms with Crippen molar-refractivity contribution in [2.45, 2.75) is 18.9 Å². The van der Waals surface area contributed by atoms with Gasteiger partial charge in [-0.1, -0.05) is 12.2 Å². The summed E-state index contributed by atoms with van der Waals surface area (Å²) in [4.78, 5) is 25.4. The number of aliphatic carboxylic acids is 1. The number of fused-ring (bicyclic) bond motifs is 4. The molecule has 156 valence electrons. The smallest absolute Gasteiger partial charge is 0.309 e. The van der Waals surface area contributed by atoms with Gasteiger partial charge in [0.1, 0.15) is 17.3 Å². The topological polar surface area (TPSA) is 117 Å². The molecule has 10 heteroatoms. The summed E-state index contributed by atoms with van der Waals surface area (Å²) >= 11 is 1.49. The van der Waals surface area contributed by atoms with Gasteiger partial charge in [0.05, 0.1) is 27.7 Å². The molecule has 1 saturated carbocycles. The van der Waals surface area contributed by atoms with Crippen LogP contribution in [0.3, 0.4) is 0 Å². The monoisotopic (exact) mass is 436 g/mol. The third-order valence-corrected chi connectivity index (χ3v) is 7.15. The van der Waals surface area contributed by atoms with Gasteiger partial charge in [0, 0.05) is 6.04 Å². The maximum Gasteiger partial charge on any atom is 0.309 e. The van der Waals surface area contributed by atoms with Crippen molar-refractivity contribution in [1.29, 1.82) is 0 Å². The molecular weight excluding hydrogens is 419 g/mol. The zero-order valence-corrected chi connectivity index (χ0v) is 16.9. The second-order valence-electron chi connectivity index (χ2n) is 7.98. The molecule has 1 fully saturated rings. The van der Waals surface area contributed by atoms with Crippen molar-refractivity contribution in [2.24, 2.45) is 17.8 Å². The number of allylic oxidation sites excluding steroid dienone is 1. The molecular formula is C21H17FN6O2S. The molecule has 0 amide bonds. The molecule has 4 atom stereocenters. The maximum absolute atomic E-state index is 13.8. The summed E-state index contributed by atoms with van der Waals surface area (Å²) < 4.78 is 14.6. The lowest BCUT2D eigenvalue weighted by atomic mass is 9.66. The zero-order chi connectivity index (χ0) is 21.1. The third kappa shape index (κ3) is 2.89. The number of hydrogen-bond donors (Lipinski definition) is 3. The molecule has 4 heterocycles. The number of anilines is 1. The Balaban J connectivity index is 1.47. The highest BCUT2D eigenvalue weighted by atomic mass is 32.1. The van der Waals surface area contributed by atoms with Crippen LogP contribution in [0.1, 0.15) is 12.8 Å². The van der Waals surface area contributed by atoms with Crippen molar-refractivity contribution in [1.82, 2.24) is 25.1 Å². The molecule has 0 radical (unpaired) electrons. The highest BCUT2D eigenvalue weighted by molar-refractivity contribution is 7.17. The molecule has 0 aromatic carbocycles. The second-order valence-corrected chi connectivity index (χ2v) is 8.89. The standard InChI is InChI=1S/C21H17FN6O2S/c22-11-7-12-16(27-28-18(12)23-8-11)19-24-13-5-6-31-17(13)20(26-19)25-15-10-3-1-9(2-4-10)14(15)21(29)30/h1,3,5-10,14-15H,2,4H2,(H,29,30)(H,23,27,28)(H,24,25,26)/t9?,10?,14-,15-/m0/s1. The molecule has 0 aliphatic heterocycles. The van der Waals surface area contributed by atoms with Crippen LogP contribution in [0.5, 0.6) is 0 Å². The lowest BCUT2D eigenvalue weighted by molar-refractivity contribution is -0.145. The lowest BCUT2D eigenvalue weighted by Crippen LogP contribution is -2.49. The fraction of sp³-hybridized carbons (Fsp3) is 0.286. The zero-order valence-electron chi connectivity index (χ0n) is 16.1. The van der Waals surface area contributed by atoms with Crippen LogP contribution >= 0.6 is 11.3 Å². The summed E-state index contributed by atoms with van der Waals surface area (Å²) in [5, 5.41) is 22.7. The SMILES string of the molecule is O=C(O)[C@H]1C2C=CC(CC2)[C@@H]1Nc1nc(-c2[nH]nc3ncc(F)cc23)nc2ccsc12. The number of H-pyrrole nitrogens is 1. The van der Waals surface area contributed by atoms with Crippen molar-refractivity contribution >= 4 is 44.4 Å². The number of rotatable bonds is 4. The van der Waals surface area contributed by atoms with Gasteiger partial charge in [0.25, 0.3) is 0 Å². The van der Waals surface area contributed by atoms with E-state index in [1.54, 1.807) is 0 Å². The lowest BCUT2D eigenvalue weighted by Gasteiger charge is -2.43. The fourth-order valence-corrected chi connectivity index (χ4v) is 5.59. The molecule has 4 aromatic heterocycles. The number of halogens is 1. The van der Waals surface area contributed by atoms with Crippen molar-refractivity contribution in [3.8, 4) is 11.5 Å². The summed E-state index contributed by atoms with van der Waals surface area (Å²) in [6.07, 6.45) is 7.11. The minimum absolute atomic E-state index is 0.0192. The van der Waals surface area contributed by atoms with E-state index < -0.39 is 17.7 Å². The Morgan fingerprint density at radius 1 is 1.26 bits per heavy atom. The summed E-state index contributed by atoms with van der Waals surface area (Å²) in [5.41, 5.74) is 1.58. The number of nitrogens with one attached hydrogen (secondary N) is 2. The minimum Gasteiger partial charge on any atom is -0.481 e. The van der Waals surface area contributed by atoms with Crippen molar-refractivity contribution in [3.63, 3.8) is 0 Å². The van der Waals surface area contributed by atoms with Gasteiger partial charge in [0.15, 0.2) is 11.5 Å². The van der Waals surface area contributed by atoms with Crippen LogP contribution in [0, 0.1) is 23.6 Å². The highest BCUT2D eigenvalue weighted by Gasteiger charge is 2.45. The quantitative estimate of drug-likeness (QED) is 0.416. The average Bonchev–Trinajstić information content (AvgIpc) is 3.41. The van der Waals surface area contributed by atoms with Crippen molar-refractivity contribution in [3.05, 3.63) is 41.7 Å². The fourth-order valence-electron chi connectivity index (χ4n) is 4.80. The first kappa shape index (κ1) is 18.4. The number of carboxylic acid groups (broad SMARTS) is 1. The predicted octanol–water partition coefficient (Wildman–Crippen LogP) is 3.85. The molecule has 3 aliphatic rings. The highest BCUT2D eigenvalue weighted by Crippen LogP contribution is 2.43. The van der Waals surface area contributed by atoms with Gasteiger partial charge < -0.3 is 10.4 Å². The van der Waals surface area contributed by atoms with Gasteiger partial charge in [0.2, 0.25) is 0 Å². The number of nitrogens with zero attached hydrogens (tertiary/aromatic N) is 4. The largest absolute Gasteiger partial charge is 0.481 e. The summed E-state index contributed by atoms with van der Waals surface area (Å²) in [7, 11) is 0. The van der Waals surface area contributed by atoms with Crippen LogP contribution in [-0.4, -0.2) is 42.3 Å². The minimum atomic E-state index is -0.797. The molecule has 8 nitrogen and oxygen atoms in total. The van der Waals surface area contributed by atoms with Crippen LogP contribution in [0.15, 0.2) is 35.9 Å². The van der Waals surface area contributed by atoms with Crippen LogP contribution in [0.2, 0.25) is 0 Å². The van der Waals surface area contributed by atoms with E-state index in [4.69, 9.17) is 4.98 Å². The van der Waals surface area contributed by atoms with E-state index in [0.717, 1.165) is 29.3 Å². The Labute approximate surface area is 179 Å². The van der Waals surface area contributed by atoms with Crippen LogP contribution in [-0.2, 0) is 4.79 Å². The van der Waals surface area contributed by atoms with E-state index in [1.807, 2.05) is 17.5 Å². The Hall–Kier alpha value is -3.40. The second kappa shape index (κ2) is 6.81. The molecule has 4 aromatic rings. The molecule has 2 unspecified atom stereocenters. The van der Waals surface area contributed by atoms with Crippen molar-refractivity contribution in [2.75, 3.05) is 5.32 Å². The molecule has 31 heavy (non-hydrogen) atoms. The maximum atomic E-state index is 13.8. The molecule has 2 bridgehead atoms. The number of aromatic amines is 1. The van der Waals surface area contributed by atoms with E-state index in [2.05, 4.69) is 31.6 Å². The Bertz CT molecular complexity index is 1360. The normalized spacial score (nSPS) is 24.8. The van der Waals surface area contributed by atoms with Crippen LogP contribution < -0.4 is 5.32 Å². The molecule has 0 spiro atoms. The summed E-state index contributed by atoms with van der Waals surface area (Å²) in [6, 6.07) is 2.97. The number of pyridine rings is 1. The number of carbonyl (C=O) groups is 1. The first-order valence-corrected chi connectivity index (χ1v) is 10.9. The number of aromatic nitrogens is 5. The van der Waals surface area contributed by atoms with Gasteiger partial charge in [-0.25, -0.2) is 19.3 Å². The molecule has 3 N–H and O–H groups in total. The molecule has 0 saturated heterocycles. The molecule has 3 aliphatic carbocycles.